The van der Waals surface area contributed by atoms with Gasteiger partial charge in [-0.1, -0.05) is 17.7 Å². The van der Waals surface area contributed by atoms with Gasteiger partial charge in [0.15, 0.2) is 22.5 Å². The molecule has 1 amide bonds. The van der Waals surface area contributed by atoms with E-state index in [1.165, 1.54) is 11.8 Å². The van der Waals surface area contributed by atoms with E-state index >= 15 is 0 Å². The summed E-state index contributed by atoms with van der Waals surface area (Å²) in [6.45, 7) is 7.18. The minimum Gasteiger partial charge on any atom is -0.482 e. The highest BCUT2D eigenvalue weighted by Gasteiger charge is 2.36. The molecule has 0 bridgehead atoms. The Balaban J connectivity index is 1.89. The number of benzene rings is 1. The highest BCUT2D eigenvalue weighted by molar-refractivity contribution is 7.91. The van der Waals surface area contributed by atoms with Crippen LogP contribution in [0.1, 0.15) is 31.4 Å². The molecule has 1 fully saturated rings. The van der Waals surface area contributed by atoms with Crippen molar-refractivity contribution in [3.05, 3.63) is 29.3 Å². The molecule has 0 radical (unpaired) electrons. The maximum atomic E-state index is 12.6. The number of ether oxygens (including phenoxy) is 2. The fourth-order valence-electron chi connectivity index (χ4n) is 3.23. The van der Waals surface area contributed by atoms with Gasteiger partial charge in [0.25, 0.3) is 5.91 Å². The Morgan fingerprint density at radius 3 is 2.56 bits per heavy atom. The average Bonchev–Trinajstić information content (AvgIpc) is 2.94. The van der Waals surface area contributed by atoms with E-state index in [9.17, 15) is 18.0 Å². The number of nitrogens with zero attached hydrogens (tertiary/aromatic N) is 1. The quantitative estimate of drug-likeness (QED) is 0.650. The topological polar surface area (TPSA) is 90.0 Å². The molecule has 1 heterocycles. The number of sulfone groups is 1. The van der Waals surface area contributed by atoms with Gasteiger partial charge in [-0.15, -0.1) is 0 Å². The van der Waals surface area contributed by atoms with E-state index < -0.39 is 21.9 Å². The van der Waals surface area contributed by atoms with E-state index in [2.05, 4.69) is 0 Å². The number of carbonyl (C=O) groups is 2. The van der Waals surface area contributed by atoms with Crippen LogP contribution >= 0.6 is 0 Å². The van der Waals surface area contributed by atoms with Gasteiger partial charge in [-0.05, 0) is 45.7 Å². The van der Waals surface area contributed by atoms with Crippen molar-refractivity contribution in [2.75, 3.05) is 24.7 Å². The van der Waals surface area contributed by atoms with Crippen molar-refractivity contribution in [1.82, 2.24) is 4.90 Å². The fourth-order valence-corrected chi connectivity index (χ4v) is 4.96. The number of likely N-dealkylation sites (N-methyl/N-ethyl adjacent to an activating group) is 1. The summed E-state index contributed by atoms with van der Waals surface area (Å²) in [5.74, 6) is -0.407. The summed E-state index contributed by atoms with van der Waals surface area (Å²) in [5, 5.41) is 0. The molecule has 1 aliphatic heterocycles. The zero-order valence-electron chi connectivity index (χ0n) is 16.2. The van der Waals surface area contributed by atoms with Crippen LogP contribution < -0.4 is 4.74 Å². The Kier molecular flexibility index (Phi) is 6.86. The molecule has 0 N–H and O–H groups in total. The van der Waals surface area contributed by atoms with Crippen molar-refractivity contribution < 1.29 is 27.5 Å². The summed E-state index contributed by atoms with van der Waals surface area (Å²) in [5.41, 5.74) is 2.00. The molecule has 150 valence electrons. The molecule has 1 aromatic rings. The molecule has 1 saturated heterocycles. The number of carbonyl (C=O) groups excluding carboxylic acids is 2. The molecule has 0 aromatic heterocycles. The predicted octanol–water partition coefficient (Wildman–Crippen LogP) is 1.65. The van der Waals surface area contributed by atoms with Crippen LogP contribution in [0.3, 0.4) is 0 Å². The van der Waals surface area contributed by atoms with Gasteiger partial charge in [-0.3, -0.25) is 4.79 Å². The molecule has 2 rings (SSSR count). The van der Waals surface area contributed by atoms with Crippen LogP contribution in [-0.4, -0.2) is 62.0 Å². The summed E-state index contributed by atoms with van der Waals surface area (Å²) in [6, 6.07) is 5.25. The van der Waals surface area contributed by atoms with Gasteiger partial charge in [0.2, 0.25) is 0 Å². The monoisotopic (exact) mass is 397 g/mol. The average molecular weight is 397 g/mol. The van der Waals surface area contributed by atoms with Crippen LogP contribution in [0.25, 0.3) is 0 Å². The summed E-state index contributed by atoms with van der Waals surface area (Å²) < 4.78 is 34.0. The first-order valence-electron chi connectivity index (χ1n) is 9.03. The molecule has 2 atom stereocenters. The first-order valence-corrected chi connectivity index (χ1v) is 10.9. The Bertz CT molecular complexity index is 804. The Morgan fingerprint density at radius 2 is 2.00 bits per heavy atom. The highest BCUT2D eigenvalue weighted by Crippen LogP contribution is 2.20. The van der Waals surface area contributed by atoms with Crippen molar-refractivity contribution in [3.63, 3.8) is 0 Å². The maximum Gasteiger partial charge on any atom is 0.344 e. The smallest absolute Gasteiger partial charge is 0.344 e. The van der Waals surface area contributed by atoms with Crippen molar-refractivity contribution >= 4 is 21.7 Å². The minimum absolute atomic E-state index is 0.0386. The number of rotatable bonds is 7. The largest absolute Gasteiger partial charge is 0.482 e. The lowest BCUT2D eigenvalue weighted by Gasteiger charge is -2.29. The van der Waals surface area contributed by atoms with E-state index in [0.29, 0.717) is 18.7 Å². The minimum atomic E-state index is -3.10. The van der Waals surface area contributed by atoms with Gasteiger partial charge in [-0.25, -0.2) is 13.2 Å². The number of aryl methyl sites for hydroxylation is 2. The van der Waals surface area contributed by atoms with Crippen LogP contribution in [0.2, 0.25) is 0 Å². The second-order valence-electron chi connectivity index (χ2n) is 6.87. The molecule has 0 unspecified atom stereocenters. The van der Waals surface area contributed by atoms with Gasteiger partial charge in [-0.2, -0.15) is 0 Å². The third kappa shape index (κ3) is 5.69. The van der Waals surface area contributed by atoms with Crippen LogP contribution in [0.15, 0.2) is 18.2 Å². The third-order valence-corrected chi connectivity index (χ3v) is 6.36. The Morgan fingerprint density at radius 1 is 1.30 bits per heavy atom. The number of hydrogen-bond donors (Lipinski definition) is 0. The number of hydrogen-bond acceptors (Lipinski definition) is 6. The van der Waals surface area contributed by atoms with Gasteiger partial charge in [0, 0.05) is 12.6 Å². The van der Waals surface area contributed by atoms with E-state index in [-0.39, 0.29) is 30.1 Å². The van der Waals surface area contributed by atoms with E-state index in [4.69, 9.17) is 9.47 Å². The second kappa shape index (κ2) is 8.73. The van der Waals surface area contributed by atoms with Crippen molar-refractivity contribution in [2.24, 2.45) is 0 Å². The standard InChI is InChI=1S/C19H27NO6S/c1-5-20(16-8-9-27(23,24)12-16)19(22)15(4)26-18(21)11-25-17-7-6-13(2)10-14(17)3/h6-7,10,15-16H,5,8-9,11-12H2,1-4H3/t15-,16-/m0/s1. The van der Waals surface area contributed by atoms with Crippen molar-refractivity contribution in [3.8, 4) is 5.75 Å². The molecule has 7 nitrogen and oxygen atoms in total. The fraction of sp³-hybridized carbons (Fsp3) is 0.579. The summed E-state index contributed by atoms with van der Waals surface area (Å²) in [6.07, 6.45) is -0.582. The molecular weight excluding hydrogens is 370 g/mol. The normalized spacial score (nSPS) is 19.3. The van der Waals surface area contributed by atoms with Crippen molar-refractivity contribution in [1.29, 1.82) is 0 Å². The lowest BCUT2D eigenvalue weighted by Crippen LogP contribution is -2.46. The SMILES string of the molecule is CCN(C(=O)[C@H](C)OC(=O)COc1ccc(C)cc1C)[C@H]1CCS(=O)(=O)C1. The molecule has 0 saturated carbocycles. The molecule has 1 aliphatic rings. The number of amides is 1. The van der Waals surface area contributed by atoms with Crippen molar-refractivity contribution in [2.45, 2.75) is 46.3 Å². The first-order chi connectivity index (χ1) is 12.6. The molecule has 8 heteroatoms. The van der Waals surface area contributed by atoms with E-state index in [1.807, 2.05) is 26.0 Å². The van der Waals surface area contributed by atoms with Crippen LogP contribution in [0, 0.1) is 13.8 Å². The maximum absolute atomic E-state index is 12.6. The summed E-state index contributed by atoms with van der Waals surface area (Å²) in [7, 11) is -3.10. The lowest BCUT2D eigenvalue weighted by molar-refractivity contribution is -0.161. The summed E-state index contributed by atoms with van der Waals surface area (Å²) in [4.78, 5) is 26.1. The second-order valence-corrected chi connectivity index (χ2v) is 9.10. The van der Waals surface area contributed by atoms with Gasteiger partial charge in [0.1, 0.15) is 5.75 Å². The molecule has 1 aromatic carbocycles. The molecular formula is C19H27NO6S. The van der Waals surface area contributed by atoms with E-state index in [1.54, 1.807) is 13.0 Å². The first kappa shape index (κ1) is 21.2. The molecule has 0 aliphatic carbocycles. The zero-order chi connectivity index (χ0) is 20.2. The highest BCUT2D eigenvalue weighted by atomic mass is 32.2. The predicted molar refractivity (Wildman–Crippen MR) is 101 cm³/mol. The van der Waals surface area contributed by atoms with Crippen LogP contribution in [0.5, 0.6) is 5.75 Å². The van der Waals surface area contributed by atoms with Crippen LogP contribution in [0.4, 0.5) is 0 Å². The third-order valence-electron chi connectivity index (χ3n) is 4.60. The van der Waals surface area contributed by atoms with Gasteiger partial charge < -0.3 is 14.4 Å². The Hall–Kier alpha value is -2.09. The Labute approximate surface area is 160 Å². The van der Waals surface area contributed by atoms with Gasteiger partial charge >= 0.3 is 5.97 Å². The number of esters is 1. The molecule has 27 heavy (non-hydrogen) atoms. The van der Waals surface area contributed by atoms with E-state index in [0.717, 1.165) is 11.1 Å². The summed E-state index contributed by atoms with van der Waals surface area (Å²) >= 11 is 0. The van der Waals surface area contributed by atoms with Crippen LogP contribution in [-0.2, 0) is 24.2 Å². The van der Waals surface area contributed by atoms with Gasteiger partial charge in [0.05, 0.1) is 11.5 Å². The zero-order valence-corrected chi connectivity index (χ0v) is 17.0. The molecule has 0 spiro atoms. The lowest BCUT2D eigenvalue weighted by atomic mass is 10.1.